The van der Waals surface area contributed by atoms with Crippen LogP contribution in [0, 0.1) is 6.92 Å². The largest absolute Gasteiger partial charge is 0.497 e. The van der Waals surface area contributed by atoms with Crippen LogP contribution in [0.4, 0.5) is 5.13 Å². The summed E-state index contributed by atoms with van der Waals surface area (Å²) in [6, 6.07) is 16.7. The van der Waals surface area contributed by atoms with Crippen LogP contribution in [0.25, 0.3) is 21.1 Å². The molecule has 2 aromatic heterocycles. The molecule has 0 aliphatic rings. The topological polar surface area (TPSA) is 107 Å². The van der Waals surface area contributed by atoms with Gasteiger partial charge in [0.15, 0.2) is 15.0 Å². The Morgan fingerprint density at radius 3 is 2.50 bits per heavy atom. The third-order valence-corrected chi connectivity index (χ3v) is 8.50. The highest BCUT2D eigenvalue weighted by molar-refractivity contribution is 7.90. The van der Waals surface area contributed by atoms with E-state index in [2.05, 4.69) is 10.3 Å². The fourth-order valence-corrected chi connectivity index (χ4v) is 6.08. The van der Waals surface area contributed by atoms with Crippen molar-refractivity contribution in [2.75, 3.05) is 18.7 Å². The molecule has 0 saturated carbocycles. The molecule has 11 heteroatoms. The highest BCUT2D eigenvalue weighted by Gasteiger charge is 2.22. The van der Waals surface area contributed by atoms with Gasteiger partial charge in [-0.1, -0.05) is 22.9 Å². The molecule has 38 heavy (non-hydrogen) atoms. The van der Waals surface area contributed by atoms with E-state index in [-0.39, 0.29) is 23.1 Å². The van der Waals surface area contributed by atoms with Crippen LogP contribution in [0.2, 0.25) is 5.02 Å². The van der Waals surface area contributed by atoms with Crippen LogP contribution in [0.3, 0.4) is 0 Å². The summed E-state index contributed by atoms with van der Waals surface area (Å²) in [5, 5.41) is 4.42. The van der Waals surface area contributed by atoms with Gasteiger partial charge in [-0.15, -0.1) is 0 Å². The Morgan fingerprint density at radius 2 is 1.82 bits per heavy atom. The number of nitrogens with zero attached hydrogens (tertiary/aromatic N) is 2. The summed E-state index contributed by atoms with van der Waals surface area (Å²) >= 11 is 7.19. The summed E-state index contributed by atoms with van der Waals surface area (Å²) in [6.07, 6.45) is 1.13. The normalized spacial score (nSPS) is 11.7. The number of benzene rings is 3. The van der Waals surface area contributed by atoms with Crippen molar-refractivity contribution in [2.45, 2.75) is 18.2 Å². The van der Waals surface area contributed by atoms with E-state index in [1.54, 1.807) is 73.2 Å². The third kappa shape index (κ3) is 4.90. The summed E-state index contributed by atoms with van der Waals surface area (Å²) in [6.45, 7) is 1.80. The van der Waals surface area contributed by atoms with E-state index >= 15 is 0 Å². The predicted molar refractivity (Wildman–Crippen MR) is 149 cm³/mol. The van der Waals surface area contributed by atoms with Crippen molar-refractivity contribution in [2.24, 2.45) is 0 Å². The molecule has 8 nitrogen and oxygen atoms in total. The average molecular weight is 568 g/mol. The monoisotopic (exact) mass is 567 g/mol. The van der Waals surface area contributed by atoms with Gasteiger partial charge in [0.25, 0.3) is 5.91 Å². The summed E-state index contributed by atoms with van der Waals surface area (Å²) in [4.78, 5) is 31.2. The van der Waals surface area contributed by atoms with Gasteiger partial charge in [0, 0.05) is 27.9 Å². The van der Waals surface area contributed by atoms with Crippen LogP contribution in [0.15, 0.2) is 65.6 Å². The Labute approximate surface area is 227 Å². The Morgan fingerprint density at radius 1 is 1.08 bits per heavy atom. The van der Waals surface area contributed by atoms with Crippen molar-refractivity contribution in [1.82, 2.24) is 9.55 Å². The number of carbonyl (C=O) groups excluding carboxylic acids is 2. The molecule has 5 aromatic rings. The molecule has 0 aliphatic heterocycles. The lowest BCUT2D eigenvalue weighted by atomic mass is 10.1. The zero-order valence-corrected chi connectivity index (χ0v) is 23.0. The average Bonchev–Trinajstić information content (AvgIpc) is 3.40. The second kappa shape index (κ2) is 9.86. The minimum atomic E-state index is -3.36. The molecule has 0 unspecified atom stereocenters. The summed E-state index contributed by atoms with van der Waals surface area (Å²) in [5.74, 6) is 0.0354. The Hall–Kier alpha value is -3.73. The van der Waals surface area contributed by atoms with E-state index in [4.69, 9.17) is 16.3 Å². The summed E-state index contributed by atoms with van der Waals surface area (Å²) < 4.78 is 31.4. The lowest BCUT2D eigenvalue weighted by Gasteiger charge is -2.08. The van der Waals surface area contributed by atoms with Gasteiger partial charge in [-0.3, -0.25) is 14.2 Å². The van der Waals surface area contributed by atoms with E-state index in [9.17, 15) is 18.0 Å². The maximum Gasteiger partial charge on any atom is 0.262 e. The number of methoxy groups -OCH3 is 1. The number of nitrogens with one attached hydrogen (secondary N) is 1. The molecular weight excluding hydrogens is 546 g/mol. The predicted octanol–water partition coefficient (Wildman–Crippen LogP) is 5.49. The number of anilines is 1. The molecule has 0 fully saturated rings. The Bertz CT molecular complexity index is 1840. The van der Waals surface area contributed by atoms with E-state index in [0.29, 0.717) is 48.5 Å². The number of fused-ring (bicyclic) bond motifs is 2. The first-order valence-electron chi connectivity index (χ1n) is 11.4. The molecule has 0 bridgehead atoms. The molecule has 0 saturated heterocycles. The maximum absolute atomic E-state index is 13.5. The van der Waals surface area contributed by atoms with E-state index in [1.807, 2.05) is 0 Å². The second-order valence-electron chi connectivity index (χ2n) is 8.74. The Kier molecular flexibility index (Phi) is 6.72. The van der Waals surface area contributed by atoms with Gasteiger partial charge in [0.1, 0.15) is 5.75 Å². The van der Waals surface area contributed by atoms with Crippen molar-refractivity contribution in [3.05, 3.63) is 82.5 Å². The van der Waals surface area contributed by atoms with Crippen LogP contribution in [-0.2, 0) is 21.1 Å². The van der Waals surface area contributed by atoms with Crippen molar-refractivity contribution in [1.29, 1.82) is 0 Å². The molecule has 0 aliphatic carbocycles. The number of rotatable bonds is 6. The van der Waals surface area contributed by atoms with Crippen LogP contribution < -0.4 is 10.1 Å². The number of ether oxygens (including phenoxy) is 1. The molecule has 194 valence electrons. The summed E-state index contributed by atoms with van der Waals surface area (Å²) in [5.41, 5.74) is 3.01. The number of hydrogen-bond donors (Lipinski definition) is 1. The van der Waals surface area contributed by atoms with Crippen molar-refractivity contribution in [3.63, 3.8) is 0 Å². The minimum Gasteiger partial charge on any atom is -0.497 e. The highest BCUT2D eigenvalue weighted by Crippen LogP contribution is 2.32. The quantitative estimate of drug-likeness (QED) is 0.290. The fraction of sp³-hybridized carbons (Fsp3) is 0.148. The van der Waals surface area contributed by atoms with Crippen LogP contribution >= 0.6 is 22.9 Å². The van der Waals surface area contributed by atoms with Crippen LogP contribution in [-0.4, -0.2) is 43.1 Å². The van der Waals surface area contributed by atoms with Gasteiger partial charge in [-0.05, 0) is 73.2 Å². The standard InChI is InChI=1S/C27H22ClN3O5S2/c1-15-20(14-25(32)30-27-29-22-10-9-19(38(3,34)35)13-24(22)37-27)21-12-18(36-2)8-11-23(21)31(15)26(33)16-4-6-17(28)7-5-16/h4-13H,14H2,1-3H3,(H,29,30,32). The van der Waals surface area contributed by atoms with Crippen molar-refractivity contribution < 1.29 is 22.7 Å². The molecule has 2 heterocycles. The smallest absolute Gasteiger partial charge is 0.262 e. The lowest BCUT2D eigenvalue weighted by Crippen LogP contribution is -2.16. The van der Waals surface area contributed by atoms with Crippen LogP contribution in [0.5, 0.6) is 5.75 Å². The van der Waals surface area contributed by atoms with Gasteiger partial charge in [-0.2, -0.15) is 0 Å². The molecule has 0 radical (unpaired) electrons. The number of hydrogen-bond acceptors (Lipinski definition) is 7. The van der Waals surface area contributed by atoms with Crippen molar-refractivity contribution >= 4 is 70.8 Å². The lowest BCUT2D eigenvalue weighted by molar-refractivity contribution is -0.115. The number of aromatic nitrogens is 2. The van der Waals surface area contributed by atoms with Crippen molar-refractivity contribution in [3.8, 4) is 5.75 Å². The number of sulfone groups is 1. The molecule has 0 atom stereocenters. The fourth-order valence-electron chi connectivity index (χ4n) is 4.31. The van der Waals surface area contributed by atoms with E-state index in [0.717, 1.165) is 11.6 Å². The van der Waals surface area contributed by atoms with Crippen LogP contribution in [0.1, 0.15) is 21.6 Å². The highest BCUT2D eigenvalue weighted by atomic mass is 35.5. The molecule has 1 amide bonds. The first kappa shape index (κ1) is 25.9. The number of carbonyl (C=O) groups is 2. The minimum absolute atomic E-state index is 0.0130. The third-order valence-electron chi connectivity index (χ3n) is 6.21. The van der Waals surface area contributed by atoms with Gasteiger partial charge in [0.05, 0.1) is 34.2 Å². The van der Waals surface area contributed by atoms with Gasteiger partial charge < -0.3 is 10.1 Å². The zero-order chi connectivity index (χ0) is 27.2. The zero-order valence-electron chi connectivity index (χ0n) is 20.6. The number of halogens is 1. The second-order valence-corrected chi connectivity index (χ2v) is 12.2. The number of amides is 1. The maximum atomic E-state index is 13.5. The Balaban J connectivity index is 1.49. The van der Waals surface area contributed by atoms with E-state index in [1.165, 1.54) is 17.4 Å². The number of thiazole rings is 1. The SMILES string of the molecule is COc1ccc2c(c1)c(CC(=O)Nc1nc3ccc(S(C)(=O)=O)cc3s1)c(C)n2C(=O)c1ccc(Cl)cc1. The summed E-state index contributed by atoms with van der Waals surface area (Å²) in [7, 11) is -1.81. The first-order valence-corrected chi connectivity index (χ1v) is 14.5. The molecule has 3 aromatic carbocycles. The molecule has 5 rings (SSSR count). The first-order chi connectivity index (χ1) is 18.0. The molecular formula is C27H22ClN3O5S2. The molecule has 1 N–H and O–H groups in total. The van der Waals surface area contributed by atoms with Gasteiger partial charge in [-0.25, -0.2) is 13.4 Å². The van der Waals surface area contributed by atoms with E-state index < -0.39 is 9.84 Å². The van der Waals surface area contributed by atoms with Gasteiger partial charge >= 0.3 is 0 Å². The van der Waals surface area contributed by atoms with Gasteiger partial charge in [0.2, 0.25) is 5.91 Å². The molecule has 0 spiro atoms.